The van der Waals surface area contributed by atoms with Crippen LogP contribution in [0.2, 0.25) is 0 Å². The number of terminal acetylenes is 1. The SMILES string of the molecule is C#Cc1cccc(-c2cnc(N)nc2Nc2ccc3nc(C)oc3c2)c1. The zero-order valence-electron chi connectivity index (χ0n) is 14.0. The van der Waals surface area contributed by atoms with Crippen LogP contribution in [-0.2, 0) is 0 Å². The lowest BCUT2D eigenvalue weighted by Crippen LogP contribution is -2.02. The standard InChI is InChI=1S/C20H15N5O/c1-3-13-5-4-6-14(9-13)16-11-22-20(21)25-19(16)24-15-7-8-17-18(10-15)26-12(2)23-17/h1,4-11H,2H3,(H3,21,22,24,25). The summed E-state index contributed by atoms with van der Waals surface area (Å²) >= 11 is 0. The maximum absolute atomic E-state index is 5.79. The van der Waals surface area contributed by atoms with Gasteiger partial charge < -0.3 is 15.5 Å². The highest BCUT2D eigenvalue weighted by molar-refractivity contribution is 5.82. The Bertz CT molecular complexity index is 1160. The van der Waals surface area contributed by atoms with Gasteiger partial charge in [-0.3, -0.25) is 0 Å². The van der Waals surface area contributed by atoms with Crippen molar-refractivity contribution in [3.05, 3.63) is 60.1 Å². The van der Waals surface area contributed by atoms with E-state index in [0.29, 0.717) is 17.3 Å². The van der Waals surface area contributed by atoms with E-state index >= 15 is 0 Å². The molecule has 2 aromatic carbocycles. The molecule has 0 saturated heterocycles. The highest BCUT2D eigenvalue weighted by atomic mass is 16.3. The Balaban J connectivity index is 1.77. The molecule has 0 unspecified atom stereocenters. The lowest BCUT2D eigenvalue weighted by molar-refractivity contribution is 0.561. The van der Waals surface area contributed by atoms with Crippen LogP contribution < -0.4 is 11.1 Å². The van der Waals surface area contributed by atoms with Crippen LogP contribution in [0.5, 0.6) is 0 Å². The third kappa shape index (κ3) is 2.94. The molecule has 4 aromatic rings. The van der Waals surface area contributed by atoms with Crippen molar-refractivity contribution in [1.29, 1.82) is 0 Å². The Hall–Kier alpha value is -3.85. The van der Waals surface area contributed by atoms with E-state index in [1.165, 1.54) is 0 Å². The van der Waals surface area contributed by atoms with Crippen molar-refractivity contribution in [3.63, 3.8) is 0 Å². The first-order valence-electron chi connectivity index (χ1n) is 7.96. The van der Waals surface area contributed by atoms with E-state index in [0.717, 1.165) is 27.9 Å². The molecule has 0 fully saturated rings. The smallest absolute Gasteiger partial charge is 0.221 e. The number of nitrogens with two attached hydrogens (primary N) is 1. The Morgan fingerprint density at radius 2 is 2.04 bits per heavy atom. The number of hydrogen-bond acceptors (Lipinski definition) is 6. The van der Waals surface area contributed by atoms with Gasteiger partial charge in [0.1, 0.15) is 11.3 Å². The third-order valence-electron chi connectivity index (χ3n) is 3.91. The van der Waals surface area contributed by atoms with Crippen LogP contribution in [0.1, 0.15) is 11.5 Å². The molecular weight excluding hydrogens is 326 g/mol. The topological polar surface area (TPSA) is 89.9 Å². The van der Waals surface area contributed by atoms with Crippen LogP contribution in [-0.4, -0.2) is 15.0 Å². The largest absolute Gasteiger partial charge is 0.441 e. The molecule has 0 amide bonds. The minimum Gasteiger partial charge on any atom is -0.441 e. The number of aryl methyl sites for hydroxylation is 1. The van der Waals surface area contributed by atoms with Crippen molar-refractivity contribution in [2.75, 3.05) is 11.1 Å². The van der Waals surface area contributed by atoms with E-state index in [1.54, 1.807) is 6.20 Å². The highest BCUT2D eigenvalue weighted by Gasteiger charge is 2.11. The van der Waals surface area contributed by atoms with Gasteiger partial charge in [0.05, 0.1) is 0 Å². The maximum atomic E-state index is 5.79. The van der Waals surface area contributed by atoms with Crippen molar-refractivity contribution >= 4 is 28.6 Å². The molecule has 0 spiro atoms. The number of fused-ring (bicyclic) bond motifs is 1. The molecule has 0 saturated carbocycles. The second-order valence-corrected chi connectivity index (χ2v) is 5.76. The fourth-order valence-corrected chi connectivity index (χ4v) is 2.73. The van der Waals surface area contributed by atoms with Gasteiger partial charge in [-0.2, -0.15) is 4.98 Å². The molecule has 4 rings (SSSR count). The average molecular weight is 341 g/mol. The number of nitrogens with zero attached hydrogens (tertiary/aromatic N) is 3. The summed E-state index contributed by atoms with van der Waals surface area (Å²) in [6.45, 7) is 1.81. The molecule has 6 nitrogen and oxygen atoms in total. The molecule has 0 aliphatic rings. The zero-order chi connectivity index (χ0) is 18.1. The molecule has 126 valence electrons. The highest BCUT2D eigenvalue weighted by Crippen LogP contribution is 2.30. The fraction of sp³-hybridized carbons (Fsp3) is 0.0500. The van der Waals surface area contributed by atoms with Gasteiger partial charge in [0.25, 0.3) is 0 Å². The van der Waals surface area contributed by atoms with Gasteiger partial charge in [-0.25, -0.2) is 9.97 Å². The van der Waals surface area contributed by atoms with Crippen LogP contribution in [0.3, 0.4) is 0 Å². The molecule has 3 N–H and O–H groups in total. The number of nitrogen functional groups attached to an aromatic ring is 1. The maximum Gasteiger partial charge on any atom is 0.221 e. The van der Waals surface area contributed by atoms with Gasteiger partial charge in [0, 0.05) is 36.0 Å². The lowest BCUT2D eigenvalue weighted by Gasteiger charge is -2.12. The first-order valence-corrected chi connectivity index (χ1v) is 7.96. The number of rotatable bonds is 3. The minimum atomic E-state index is 0.181. The fourth-order valence-electron chi connectivity index (χ4n) is 2.73. The predicted molar refractivity (Wildman–Crippen MR) is 102 cm³/mol. The van der Waals surface area contributed by atoms with Crippen LogP contribution >= 0.6 is 0 Å². The Kier molecular flexibility index (Phi) is 3.75. The number of benzene rings is 2. The molecule has 0 aliphatic heterocycles. The van der Waals surface area contributed by atoms with Crippen molar-refractivity contribution in [1.82, 2.24) is 15.0 Å². The second kappa shape index (κ2) is 6.22. The summed E-state index contributed by atoms with van der Waals surface area (Å²) in [4.78, 5) is 12.8. The van der Waals surface area contributed by atoms with Gasteiger partial charge >= 0.3 is 0 Å². The molecule has 2 aromatic heterocycles. The van der Waals surface area contributed by atoms with Gasteiger partial charge in [-0.15, -0.1) is 6.42 Å². The first-order chi connectivity index (χ1) is 12.6. The molecule has 0 atom stereocenters. The lowest BCUT2D eigenvalue weighted by atomic mass is 10.1. The summed E-state index contributed by atoms with van der Waals surface area (Å²) in [5.74, 6) is 4.02. The number of aromatic nitrogens is 3. The molecule has 2 heterocycles. The quantitative estimate of drug-likeness (QED) is 0.549. The number of nitrogens with one attached hydrogen (secondary N) is 1. The molecule has 6 heteroatoms. The van der Waals surface area contributed by atoms with E-state index in [-0.39, 0.29) is 5.95 Å². The first kappa shape index (κ1) is 15.7. The molecule has 26 heavy (non-hydrogen) atoms. The van der Waals surface area contributed by atoms with E-state index in [2.05, 4.69) is 26.2 Å². The molecular formula is C20H15N5O. The predicted octanol–water partition coefficient (Wildman–Crippen LogP) is 3.90. The number of anilines is 3. The Morgan fingerprint density at radius 1 is 1.15 bits per heavy atom. The Labute approximate surface area is 150 Å². The Morgan fingerprint density at radius 3 is 2.88 bits per heavy atom. The molecule has 0 bridgehead atoms. The van der Waals surface area contributed by atoms with Crippen molar-refractivity contribution in [2.45, 2.75) is 6.92 Å². The summed E-state index contributed by atoms with van der Waals surface area (Å²) < 4.78 is 5.58. The van der Waals surface area contributed by atoms with Crippen molar-refractivity contribution in [3.8, 4) is 23.5 Å². The summed E-state index contributed by atoms with van der Waals surface area (Å²) in [7, 11) is 0. The van der Waals surface area contributed by atoms with Crippen LogP contribution in [0, 0.1) is 19.3 Å². The monoisotopic (exact) mass is 341 g/mol. The molecule has 0 aliphatic carbocycles. The summed E-state index contributed by atoms with van der Waals surface area (Å²) in [6, 6.07) is 13.3. The van der Waals surface area contributed by atoms with E-state index < -0.39 is 0 Å². The average Bonchev–Trinajstić information content (AvgIpc) is 3.01. The van der Waals surface area contributed by atoms with Crippen LogP contribution in [0.4, 0.5) is 17.5 Å². The normalized spacial score (nSPS) is 10.6. The molecule has 0 radical (unpaired) electrons. The van der Waals surface area contributed by atoms with Gasteiger partial charge in [0.2, 0.25) is 5.95 Å². The van der Waals surface area contributed by atoms with Gasteiger partial charge in [-0.05, 0) is 29.8 Å². The van der Waals surface area contributed by atoms with Crippen molar-refractivity contribution < 1.29 is 4.42 Å². The minimum absolute atomic E-state index is 0.181. The van der Waals surface area contributed by atoms with E-state index in [4.69, 9.17) is 16.6 Å². The zero-order valence-corrected chi connectivity index (χ0v) is 14.0. The number of hydrogen-bond donors (Lipinski definition) is 2. The number of oxazole rings is 1. The van der Waals surface area contributed by atoms with Crippen molar-refractivity contribution in [2.24, 2.45) is 0 Å². The third-order valence-corrected chi connectivity index (χ3v) is 3.91. The van der Waals surface area contributed by atoms with Crippen LogP contribution in [0.15, 0.2) is 53.1 Å². The van der Waals surface area contributed by atoms with Gasteiger partial charge in [-0.1, -0.05) is 18.1 Å². The summed E-state index contributed by atoms with van der Waals surface area (Å²) in [5, 5.41) is 3.28. The van der Waals surface area contributed by atoms with Gasteiger partial charge in [0.15, 0.2) is 11.5 Å². The van der Waals surface area contributed by atoms with Crippen LogP contribution in [0.25, 0.3) is 22.2 Å². The summed E-state index contributed by atoms with van der Waals surface area (Å²) in [6.07, 6.45) is 7.18. The second-order valence-electron chi connectivity index (χ2n) is 5.76. The summed E-state index contributed by atoms with van der Waals surface area (Å²) in [5.41, 5.74) is 10.6. The van der Waals surface area contributed by atoms with E-state index in [9.17, 15) is 0 Å². The van der Waals surface area contributed by atoms with E-state index in [1.807, 2.05) is 49.4 Å².